The van der Waals surface area contributed by atoms with Gasteiger partial charge in [0.25, 0.3) is 5.91 Å². The predicted molar refractivity (Wildman–Crippen MR) is 106 cm³/mol. The molecule has 1 saturated heterocycles. The summed E-state index contributed by atoms with van der Waals surface area (Å²) in [5.41, 5.74) is 1.96. The highest BCUT2D eigenvalue weighted by Crippen LogP contribution is 2.30. The number of nitrogens with zero attached hydrogens (tertiary/aromatic N) is 4. The fraction of sp³-hybridized carbons (Fsp3) is 0.526. The fourth-order valence-electron chi connectivity index (χ4n) is 3.65. The Bertz CT molecular complexity index is 865. The molecule has 9 heteroatoms. The van der Waals surface area contributed by atoms with Gasteiger partial charge in [-0.05, 0) is 25.8 Å². The first-order valence-electron chi connectivity index (χ1n) is 9.56. The molecule has 0 spiro atoms. The van der Waals surface area contributed by atoms with Crippen LogP contribution < -0.4 is 5.32 Å². The molecule has 8 nitrogen and oxygen atoms in total. The van der Waals surface area contributed by atoms with Crippen molar-refractivity contribution in [3.05, 3.63) is 29.2 Å². The second-order valence-corrected chi connectivity index (χ2v) is 7.67. The Morgan fingerprint density at radius 3 is 2.93 bits per heavy atom. The molecule has 150 valence electrons. The van der Waals surface area contributed by atoms with Crippen molar-refractivity contribution in [3.8, 4) is 11.3 Å². The van der Waals surface area contributed by atoms with Gasteiger partial charge in [0, 0.05) is 44.1 Å². The highest BCUT2D eigenvalue weighted by atomic mass is 35.5. The number of nitrogens with one attached hydrogen (secondary N) is 1. The zero-order valence-corrected chi connectivity index (χ0v) is 16.5. The summed E-state index contributed by atoms with van der Waals surface area (Å²) < 4.78 is 7.30. The third-order valence-electron chi connectivity index (χ3n) is 5.33. The van der Waals surface area contributed by atoms with Gasteiger partial charge in [0.2, 0.25) is 5.95 Å². The molecule has 0 bridgehead atoms. The van der Waals surface area contributed by atoms with Gasteiger partial charge in [0.05, 0.1) is 29.6 Å². The zero-order valence-electron chi connectivity index (χ0n) is 15.8. The van der Waals surface area contributed by atoms with Gasteiger partial charge in [0.15, 0.2) is 0 Å². The Morgan fingerprint density at radius 2 is 2.18 bits per heavy atom. The van der Waals surface area contributed by atoms with Crippen molar-refractivity contribution < 1.29 is 14.6 Å². The molecule has 1 atom stereocenters. The van der Waals surface area contributed by atoms with E-state index in [1.165, 1.54) is 0 Å². The third kappa shape index (κ3) is 3.72. The molecule has 2 N–H and O–H groups in total. The summed E-state index contributed by atoms with van der Waals surface area (Å²) in [6.07, 6.45) is 5.31. The van der Waals surface area contributed by atoms with Gasteiger partial charge >= 0.3 is 0 Å². The number of halogens is 1. The number of aromatic nitrogens is 3. The molecule has 0 saturated carbocycles. The zero-order chi connectivity index (χ0) is 19.7. The summed E-state index contributed by atoms with van der Waals surface area (Å²) in [6.45, 7) is 4.48. The van der Waals surface area contributed by atoms with Crippen LogP contribution in [-0.4, -0.2) is 68.9 Å². The van der Waals surface area contributed by atoms with Crippen molar-refractivity contribution >= 4 is 23.5 Å². The van der Waals surface area contributed by atoms with Crippen LogP contribution in [0.5, 0.6) is 0 Å². The molecular weight excluding hydrogens is 382 g/mol. The van der Waals surface area contributed by atoms with Gasteiger partial charge in [-0.3, -0.25) is 4.79 Å². The average Bonchev–Trinajstić information content (AvgIpc) is 3.15. The lowest BCUT2D eigenvalue weighted by Crippen LogP contribution is -2.46. The van der Waals surface area contributed by atoms with Gasteiger partial charge in [-0.2, -0.15) is 0 Å². The smallest absolute Gasteiger partial charge is 0.270 e. The maximum absolute atomic E-state index is 12.8. The average molecular weight is 406 g/mol. The third-order valence-corrected chi connectivity index (χ3v) is 5.60. The first-order valence-corrected chi connectivity index (χ1v) is 9.94. The van der Waals surface area contributed by atoms with E-state index in [1.54, 1.807) is 11.1 Å². The summed E-state index contributed by atoms with van der Waals surface area (Å²) in [6, 6.07) is 1.88. The number of rotatable bonds is 5. The van der Waals surface area contributed by atoms with E-state index in [-0.39, 0.29) is 24.6 Å². The monoisotopic (exact) mass is 405 g/mol. The van der Waals surface area contributed by atoms with Crippen LogP contribution in [0.1, 0.15) is 30.3 Å². The molecule has 2 aliphatic rings. The van der Waals surface area contributed by atoms with Gasteiger partial charge in [-0.15, -0.1) is 0 Å². The van der Waals surface area contributed by atoms with Crippen LogP contribution in [0.4, 0.5) is 5.95 Å². The number of aliphatic hydroxyl groups excluding tert-OH is 1. The minimum atomic E-state index is -0.211. The van der Waals surface area contributed by atoms with Crippen LogP contribution in [-0.2, 0) is 11.3 Å². The lowest BCUT2D eigenvalue weighted by Gasteiger charge is -2.32. The summed E-state index contributed by atoms with van der Waals surface area (Å²) in [7, 11) is 0. The van der Waals surface area contributed by atoms with Gasteiger partial charge in [-0.25, -0.2) is 9.97 Å². The molecule has 4 heterocycles. The molecule has 28 heavy (non-hydrogen) atoms. The van der Waals surface area contributed by atoms with Crippen LogP contribution in [0.3, 0.4) is 0 Å². The first-order chi connectivity index (χ1) is 13.6. The number of hydrogen-bond donors (Lipinski definition) is 2. The normalized spacial score (nSPS) is 18.8. The second kappa shape index (κ2) is 8.06. The summed E-state index contributed by atoms with van der Waals surface area (Å²) >= 11 is 6.36. The van der Waals surface area contributed by atoms with Crippen molar-refractivity contribution in [2.75, 3.05) is 31.7 Å². The number of carbonyl (C=O) groups is 1. The van der Waals surface area contributed by atoms with Crippen LogP contribution in [0.2, 0.25) is 5.02 Å². The SMILES string of the molecule is CC(CO)N1CCn2cc(-c3nc(NC4CCOCC4)ncc3Cl)cc2C1=O. The van der Waals surface area contributed by atoms with E-state index in [4.69, 9.17) is 16.3 Å². The summed E-state index contributed by atoms with van der Waals surface area (Å²) in [5, 5.41) is 13.2. The summed E-state index contributed by atoms with van der Waals surface area (Å²) in [4.78, 5) is 23.4. The lowest BCUT2D eigenvalue weighted by molar-refractivity contribution is 0.0557. The molecule has 0 radical (unpaired) electrons. The van der Waals surface area contributed by atoms with Crippen molar-refractivity contribution in [1.82, 2.24) is 19.4 Å². The molecule has 1 amide bonds. The van der Waals surface area contributed by atoms with Crippen molar-refractivity contribution in [3.63, 3.8) is 0 Å². The number of amides is 1. The minimum Gasteiger partial charge on any atom is -0.394 e. The van der Waals surface area contributed by atoms with Crippen LogP contribution in [0, 0.1) is 0 Å². The number of carbonyl (C=O) groups excluding carboxylic acids is 1. The molecular formula is C19H24ClN5O3. The predicted octanol–water partition coefficient (Wildman–Crippen LogP) is 2.03. The first kappa shape index (κ1) is 19.2. The number of aliphatic hydroxyl groups is 1. The largest absolute Gasteiger partial charge is 0.394 e. The van der Waals surface area contributed by atoms with Crippen LogP contribution in [0.25, 0.3) is 11.3 Å². The standard InChI is InChI=1S/C19H24ClN5O3/c1-12(11-26)25-5-4-24-10-13(8-16(24)18(25)27)17-15(20)9-21-19(23-17)22-14-2-6-28-7-3-14/h8-10,12,14,26H,2-7,11H2,1H3,(H,21,22,23). The molecule has 0 aromatic carbocycles. The van der Waals surface area contributed by atoms with Crippen LogP contribution >= 0.6 is 11.6 Å². The molecule has 2 aromatic heterocycles. The molecule has 1 unspecified atom stereocenters. The second-order valence-electron chi connectivity index (χ2n) is 7.26. The number of fused-ring (bicyclic) bond motifs is 1. The Kier molecular flexibility index (Phi) is 5.52. The fourth-order valence-corrected chi connectivity index (χ4v) is 3.85. The van der Waals surface area contributed by atoms with E-state index in [0.717, 1.165) is 31.6 Å². The van der Waals surface area contributed by atoms with Crippen LogP contribution in [0.15, 0.2) is 18.5 Å². The minimum absolute atomic E-state index is 0.0573. The Balaban J connectivity index is 1.60. The Morgan fingerprint density at radius 1 is 1.39 bits per heavy atom. The molecule has 2 aliphatic heterocycles. The maximum atomic E-state index is 12.8. The van der Waals surface area contributed by atoms with Gasteiger partial charge in [0.1, 0.15) is 5.69 Å². The molecule has 1 fully saturated rings. The van der Waals surface area contributed by atoms with Gasteiger partial charge < -0.3 is 24.6 Å². The van der Waals surface area contributed by atoms with E-state index in [0.29, 0.717) is 35.4 Å². The topological polar surface area (TPSA) is 92.5 Å². The number of anilines is 1. The highest BCUT2D eigenvalue weighted by Gasteiger charge is 2.29. The highest BCUT2D eigenvalue weighted by molar-refractivity contribution is 6.32. The maximum Gasteiger partial charge on any atom is 0.270 e. The van der Waals surface area contributed by atoms with E-state index in [1.807, 2.05) is 23.8 Å². The van der Waals surface area contributed by atoms with Crippen molar-refractivity contribution in [2.24, 2.45) is 0 Å². The Labute approximate surface area is 168 Å². The lowest BCUT2D eigenvalue weighted by atomic mass is 10.1. The summed E-state index contributed by atoms with van der Waals surface area (Å²) in [5.74, 6) is 0.433. The number of hydrogen-bond acceptors (Lipinski definition) is 6. The Hall–Kier alpha value is -2.16. The van der Waals surface area contributed by atoms with E-state index in [2.05, 4.69) is 15.3 Å². The van der Waals surface area contributed by atoms with Crippen molar-refractivity contribution in [1.29, 1.82) is 0 Å². The number of ether oxygens (including phenoxy) is 1. The molecule has 0 aliphatic carbocycles. The van der Waals surface area contributed by atoms with E-state index < -0.39 is 0 Å². The quantitative estimate of drug-likeness (QED) is 0.790. The van der Waals surface area contributed by atoms with E-state index in [9.17, 15) is 9.90 Å². The van der Waals surface area contributed by atoms with Gasteiger partial charge in [-0.1, -0.05) is 11.6 Å². The van der Waals surface area contributed by atoms with Crippen molar-refractivity contribution in [2.45, 2.75) is 38.4 Å². The van der Waals surface area contributed by atoms with E-state index >= 15 is 0 Å². The molecule has 4 rings (SSSR count). The molecule has 2 aromatic rings.